The number of pyridine rings is 1. The van der Waals surface area contributed by atoms with E-state index >= 15 is 0 Å². The predicted molar refractivity (Wildman–Crippen MR) is 66.3 cm³/mol. The van der Waals surface area contributed by atoms with Crippen molar-refractivity contribution in [2.24, 2.45) is 0 Å². The molecule has 1 heterocycles. The highest BCUT2D eigenvalue weighted by molar-refractivity contribution is 5.92. The lowest BCUT2D eigenvalue weighted by Crippen LogP contribution is -2.27. The lowest BCUT2D eigenvalue weighted by Gasteiger charge is -2.10. The van der Waals surface area contributed by atoms with Crippen molar-refractivity contribution in [1.29, 1.82) is 0 Å². The first-order chi connectivity index (χ1) is 8.13. The summed E-state index contributed by atoms with van der Waals surface area (Å²) < 4.78 is 5.51. The lowest BCUT2D eigenvalue weighted by molar-refractivity contribution is 0.0957. The van der Waals surface area contributed by atoms with Gasteiger partial charge in [-0.25, -0.2) is 0 Å². The van der Waals surface area contributed by atoms with E-state index in [1.54, 1.807) is 25.4 Å². The van der Waals surface area contributed by atoms with Gasteiger partial charge in [0.1, 0.15) is 18.1 Å². The van der Waals surface area contributed by atoms with Crippen LogP contribution in [0.15, 0.2) is 18.3 Å². The van der Waals surface area contributed by atoms with Crippen LogP contribution < -0.4 is 15.4 Å². The number of nitrogens with zero attached hydrogens (tertiary/aromatic N) is 1. The highest BCUT2D eigenvalue weighted by atomic mass is 16.5. The second kappa shape index (κ2) is 6.85. The minimum absolute atomic E-state index is 0.212. The number of nitrogens with one attached hydrogen (secondary N) is 2. The second-order valence-corrected chi connectivity index (χ2v) is 3.91. The van der Waals surface area contributed by atoms with E-state index in [4.69, 9.17) is 4.74 Å². The number of rotatable bonds is 6. The van der Waals surface area contributed by atoms with E-state index in [1.165, 1.54) is 0 Å². The minimum atomic E-state index is -0.212. The molecule has 5 nitrogen and oxygen atoms in total. The van der Waals surface area contributed by atoms with Gasteiger partial charge in [0.15, 0.2) is 0 Å². The zero-order valence-corrected chi connectivity index (χ0v) is 10.5. The Morgan fingerprint density at radius 1 is 1.53 bits per heavy atom. The maximum atomic E-state index is 11.3. The Morgan fingerprint density at radius 3 is 2.94 bits per heavy atom. The van der Waals surface area contributed by atoms with Crippen LogP contribution in [0.1, 0.15) is 24.3 Å². The summed E-state index contributed by atoms with van der Waals surface area (Å²) in [6.07, 6.45) is 1.57. The Kier molecular flexibility index (Phi) is 5.42. The van der Waals surface area contributed by atoms with Gasteiger partial charge in [-0.15, -0.1) is 0 Å². The average Bonchev–Trinajstić information content (AvgIpc) is 2.34. The van der Waals surface area contributed by atoms with Crippen LogP contribution in [-0.4, -0.2) is 37.1 Å². The Morgan fingerprint density at radius 2 is 2.29 bits per heavy atom. The number of carbonyl (C=O) groups is 1. The standard InChI is InChI=1S/C12H19N3O2/c1-9(2)14-6-7-17-10-4-5-15-11(8-10)12(16)13-3/h4-5,8-9,14H,6-7H2,1-3H3,(H,13,16). The second-order valence-electron chi connectivity index (χ2n) is 3.91. The molecule has 0 saturated heterocycles. The first-order valence-corrected chi connectivity index (χ1v) is 5.68. The van der Waals surface area contributed by atoms with Crippen LogP contribution in [-0.2, 0) is 0 Å². The average molecular weight is 237 g/mol. The van der Waals surface area contributed by atoms with Crippen LogP contribution in [0.2, 0.25) is 0 Å². The maximum Gasteiger partial charge on any atom is 0.269 e. The van der Waals surface area contributed by atoms with Crippen molar-refractivity contribution < 1.29 is 9.53 Å². The molecule has 0 aliphatic rings. The summed E-state index contributed by atoms with van der Waals surface area (Å²) in [5.74, 6) is 0.444. The SMILES string of the molecule is CNC(=O)c1cc(OCCNC(C)C)ccn1. The smallest absolute Gasteiger partial charge is 0.269 e. The molecule has 0 radical (unpaired) electrons. The Labute approximate surface area is 102 Å². The van der Waals surface area contributed by atoms with E-state index in [-0.39, 0.29) is 5.91 Å². The molecule has 5 heteroatoms. The van der Waals surface area contributed by atoms with Crippen molar-refractivity contribution >= 4 is 5.91 Å². The summed E-state index contributed by atoms with van der Waals surface area (Å²) in [5, 5.41) is 5.77. The predicted octanol–water partition coefficient (Wildman–Crippen LogP) is 0.818. The van der Waals surface area contributed by atoms with Crippen molar-refractivity contribution in [2.75, 3.05) is 20.2 Å². The van der Waals surface area contributed by atoms with Crippen LogP contribution in [0.3, 0.4) is 0 Å². The van der Waals surface area contributed by atoms with E-state index < -0.39 is 0 Å². The fraction of sp³-hybridized carbons (Fsp3) is 0.500. The van der Waals surface area contributed by atoms with Gasteiger partial charge in [0.2, 0.25) is 0 Å². The van der Waals surface area contributed by atoms with Gasteiger partial charge >= 0.3 is 0 Å². The van der Waals surface area contributed by atoms with E-state index in [1.807, 2.05) is 0 Å². The molecule has 0 unspecified atom stereocenters. The summed E-state index contributed by atoms with van der Waals surface area (Å²) in [6, 6.07) is 3.81. The third-order valence-corrected chi connectivity index (χ3v) is 2.11. The molecule has 1 aromatic rings. The van der Waals surface area contributed by atoms with Crippen molar-refractivity contribution in [1.82, 2.24) is 15.6 Å². The minimum Gasteiger partial charge on any atom is -0.492 e. The fourth-order valence-corrected chi connectivity index (χ4v) is 1.27. The molecule has 1 rings (SSSR count). The summed E-state index contributed by atoms with van der Waals surface area (Å²) in [4.78, 5) is 15.3. The Bertz CT molecular complexity index is 367. The van der Waals surface area contributed by atoms with Crippen molar-refractivity contribution in [3.8, 4) is 5.75 Å². The zero-order valence-electron chi connectivity index (χ0n) is 10.5. The number of hydrogen-bond acceptors (Lipinski definition) is 4. The molecule has 0 fully saturated rings. The van der Waals surface area contributed by atoms with Crippen molar-refractivity contribution in [2.45, 2.75) is 19.9 Å². The van der Waals surface area contributed by atoms with Gasteiger partial charge in [-0.1, -0.05) is 13.8 Å². The van der Waals surface area contributed by atoms with Crippen molar-refractivity contribution in [3.63, 3.8) is 0 Å². The molecule has 0 saturated carbocycles. The maximum absolute atomic E-state index is 11.3. The third-order valence-electron chi connectivity index (χ3n) is 2.11. The molecule has 1 aromatic heterocycles. The van der Waals surface area contributed by atoms with E-state index in [0.29, 0.717) is 24.1 Å². The monoisotopic (exact) mass is 237 g/mol. The molecule has 94 valence electrons. The van der Waals surface area contributed by atoms with Crippen LogP contribution in [0.4, 0.5) is 0 Å². The molecule has 0 aliphatic carbocycles. The number of ether oxygens (including phenoxy) is 1. The Hall–Kier alpha value is -1.62. The topological polar surface area (TPSA) is 63.2 Å². The largest absolute Gasteiger partial charge is 0.492 e. The van der Waals surface area contributed by atoms with Crippen LogP contribution in [0.5, 0.6) is 5.75 Å². The first-order valence-electron chi connectivity index (χ1n) is 5.68. The summed E-state index contributed by atoms with van der Waals surface area (Å²) >= 11 is 0. The molecule has 0 aliphatic heterocycles. The van der Waals surface area contributed by atoms with Crippen LogP contribution in [0.25, 0.3) is 0 Å². The third kappa shape index (κ3) is 4.82. The normalized spacial score (nSPS) is 10.4. The molecule has 17 heavy (non-hydrogen) atoms. The molecule has 1 amide bonds. The molecule has 0 aromatic carbocycles. The number of carbonyl (C=O) groups excluding carboxylic acids is 1. The fourth-order valence-electron chi connectivity index (χ4n) is 1.27. The van der Waals surface area contributed by atoms with Gasteiger partial charge in [-0.05, 0) is 6.07 Å². The first kappa shape index (κ1) is 13.4. The lowest BCUT2D eigenvalue weighted by atomic mass is 10.3. The molecule has 0 bridgehead atoms. The summed E-state index contributed by atoms with van der Waals surface area (Å²) in [6.45, 7) is 5.50. The summed E-state index contributed by atoms with van der Waals surface area (Å²) in [5.41, 5.74) is 0.363. The summed E-state index contributed by atoms with van der Waals surface area (Å²) in [7, 11) is 1.57. The van der Waals surface area contributed by atoms with E-state index in [0.717, 1.165) is 6.54 Å². The van der Waals surface area contributed by atoms with Gasteiger partial charge in [-0.2, -0.15) is 0 Å². The molecular formula is C12H19N3O2. The van der Waals surface area contributed by atoms with Gasteiger partial charge in [-0.3, -0.25) is 9.78 Å². The molecular weight excluding hydrogens is 218 g/mol. The number of hydrogen-bond donors (Lipinski definition) is 2. The zero-order chi connectivity index (χ0) is 12.7. The molecule has 2 N–H and O–H groups in total. The van der Waals surface area contributed by atoms with Crippen LogP contribution in [0, 0.1) is 0 Å². The van der Waals surface area contributed by atoms with Crippen LogP contribution >= 0.6 is 0 Å². The number of amides is 1. The molecule has 0 spiro atoms. The van der Waals surface area contributed by atoms with E-state index in [9.17, 15) is 4.79 Å². The van der Waals surface area contributed by atoms with Gasteiger partial charge in [0.25, 0.3) is 5.91 Å². The number of aromatic nitrogens is 1. The van der Waals surface area contributed by atoms with Gasteiger partial charge < -0.3 is 15.4 Å². The molecule has 0 atom stereocenters. The highest BCUT2D eigenvalue weighted by Crippen LogP contribution is 2.10. The quantitative estimate of drug-likeness (QED) is 0.719. The highest BCUT2D eigenvalue weighted by Gasteiger charge is 2.05. The Balaban J connectivity index is 2.46. The van der Waals surface area contributed by atoms with Gasteiger partial charge in [0, 0.05) is 31.9 Å². The van der Waals surface area contributed by atoms with Gasteiger partial charge in [0.05, 0.1) is 0 Å². The van der Waals surface area contributed by atoms with Crippen molar-refractivity contribution in [3.05, 3.63) is 24.0 Å². The van der Waals surface area contributed by atoms with E-state index in [2.05, 4.69) is 29.5 Å².